The molecule has 1 N–H and O–H groups in total. The van der Waals surface area contributed by atoms with Gasteiger partial charge in [0.1, 0.15) is 24.4 Å². The largest absolute Gasteiger partial charge is 0.388 e. The molecule has 0 spiro atoms. The summed E-state index contributed by atoms with van der Waals surface area (Å²) in [7, 11) is -2.51. The number of hydrogen-bond donors (Lipinski definition) is 1. The van der Waals surface area contributed by atoms with Crippen molar-refractivity contribution in [1.29, 1.82) is 0 Å². The Hall–Kier alpha value is -1.07. The summed E-state index contributed by atoms with van der Waals surface area (Å²) >= 11 is 0. The first-order valence-electron chi connectivity index (χ1n) is 8.31. The van der Waals surface area contributed by atoms with Crippen LogP contribution in [-0.2, 0) is 33.2 Å². The van der Waals surface area contributed by atoms with Crippen LogP contribution in [0.2, 0.25) is 0 Å². The molecule has 2 aliphatic rings. The lowest BCUT2D eigenvalue weighted by atomic mass is 10.1. The van der Waals surface area contributed by atoms with E-state index in [1.54, 1.807) is 26.0 Å². The number of benzene rings is 1. The molecule has 5 atom stereocenters. The van der Waals surface area contributed by atoms with E-state index in [-0.39, 0.29) is 4.90 Å². The lowest BCUT2D eigenvalue weighted by molar-refractivity contribution is -0.228. The first-order valence-corrected chi connectivity index (χ1v) is 9.72. The quantitative estimate of drug-likeness (QED) is 0.719. The predicted octanol–water partition coefficient (Wildman–Crippen LogP) is 0.953. The minimum Gasteiger partial charge on any atom is -0.388 e. The van der Waals surface area contributed by atoms with E-state index in [1.165, 1.54) is 19.2 Å². The van der Waals surface area contributed by atoms with E-state index in [4.69, 9.17) is 23.1 Å². The van der Waals surface area contributed by atoms with Gasteiger partial charge in [-0.1, -0.05) is 17.7 Å². The number of rotatable bonds is 6. The van der Waals surface area contributed by atoms with Crippen LogP contribution in [0.1, 0.15) is 19.4 Å². The normalized spacial score (nSPS) is 31.7. The summed E-state index contributed by atoms with van der Waals surface area (Å²) in [6, 6.07) is 6.25. The van der Waals surface area contributed by atoms with Crippen molar-refractivity contribution in [2.75, 3.05) is 13.7 Å². The lowest BCUT2D eigenvalue weighted by Gasteiger charge is -2.27. The summed E-state index contributed by atoms with van der Waals surface area (Å²) in [5, 5.41) is 10.4. The predicted molar refractivity (Wildman–Crippen MR) is 89.8 cm³/mol. The van der Waals surface area contributed by atoms with Crippen LogP contribution in [0.25, 0.3) is 0 Å². The molecule has 2 saturated heterocycles. The SMILES string of the molecule is CO[C@@H]1[C@H]2OC(C)(C)O[C@H]2O[C@@H]1[C@H](O)COS(=O)(=O)c1ccc(C)cc1. The Labute approximate surface area is 153 Å². The molecule has 2 fully saturated rings. The van der Waals surface area contributed by atoms with Gasteiger partial charge in [0.15, 0.2) is 12.1 Å². The number of methoxy groups -OCH3 is 1. The van der Waals surface area contributed by atoms with E-state index >= 15 is 0 Å². The van der Waals surface area contributed by atoms with E-state index in [0.717, 1.165) is 5.56 Å². The van der Waals surface area contributed by atoms with Gasteiger partial charge >= 0.3 is 0 Å². The molecule has 0 unspecified atom stereocenters. The van der Waals surface area contributed by atoms with Crippen molar-refractivity contribution in [3.8, 4) is 0 Å². The van der Waals surface area contributed by atoms with Gasteiger partial charge in [-0.25, -0.2) is 0 Å². The van der Waals surface area contributed by atoms with Crippen LogP contribution in [0.15, 0.2) is 29.2 Å². The molecular weight excluding hydrogens is 364 g/mol. The maximum atomic E-state index is 12.2. The van der Waals surface area contributed by atoms with E-state index in [0.29, 0.717) is 0 Å². The highest BCUT2D eigenvalue weighted by Gasteiger charge is 2.56. The zero-order chi connectivity index (χ0) is 19.1. The van der Waals surface area contributed by atoms with Crippen LogP contribution in [0.3, 0.4) is 0 Å². The highest BCUT2D eigenvalue weighted by atomic mass is 32.2. The van der Waals surface area contributed by atoms with Gasteiger partial charge in [-0.05, 0) is 32.9 Å². The Balaban J connectivity index is 1.63. The van der Waals surface area contributed by atoms with Crippen LogP contribution in [0, 0.1) is 6.92 Å². The average Bonchev–Trinajstić information content (AvgIpc) is 3.04. The first kappa shape index (κ1) is 19.7. The van der Waals surface area contributed by atoms with E-state index in [1.807, 2.05) is 6.92 Å². The molecular formula is C17H24O8S. The Kier molecular flexibility index (Phi) is 5.42. The van der Waals surface area contributed by atoms with Crippen molar-refractivity contribution in [2.45, 2.75) is 62.2 Å². The van der Waals surface area contributed by atoms with Gasteiger partial charge in [-0.3, -0.25) is 4.18 Å². The Bertz CT molecular complexity index is 730. The second kappa shape index (κ2) is 7.16. The van der Waals surface area contributed by atoms with Crippen LogP contribution < -0.4 is 0 Å². The molecule has 26 heavy (non-hydrogen) atoms. The number of ether oxygens (including phenoxy) is 4. The number of aliphatic hydroxyl groups is 1. The van der Waals surface area contributed by atoms with E-state index < -0.39 is 53.2 Å². The summed E-state index contributed by atoms with van der Waals surface area (Å²) in [6.45, 7) is 4.89. The third kappa shape index (κ3) is 3.94. The van der Waals surface area contributed by atoms with Crippen LogP contribution in [0.5, 0.6) is 0 Å². The van der Waals surface area contributed by atoms with Crippen LogP contribution in [-0.4, -0.2) is 63.7 Å². The highest BCUT2D eigenvalue weighted by Crippen LogP contribution is 2.39. The standard InChI is InChI=1S/C17H24O8S/c1-10-5-7-11(8-6-10)26(19,20)22-9-12(18)13-14(21-4)15-16(23-13)25-17(2,3)24-15/h5-8,12-16,18H,9H2,1-4H3/t12-,13-,14+,15-,16-/m1/s1. The Morgan fingerprint density at radius 1 is 1.23 bits per heavy atom. The number of fused-ring (bicyclic) bond motifs is 1. The zero-order valence-electron chi connectivity index (χ0n) is 15.1. The smallest absolute Gasteiger partial charge is 0.297 e. The molecule has 0 radical (unpaired) electrons. The average molecular weight is 388 g/mol. The number of hydrogen-bond acceptors (Lipinski definition) is 8. The molecule has 2 aliphatic heterocycles. The first-order chi connectivity index (χ1) is 12.1. The van der Waals surface area contributed by atoms with Crippen molar-refractivity contribution < 1.29 is 36.7 Å². The summed E-state index contributed by atoms with van der Waals surface area (Å²) < 4.78 is 51.9. The molecule has 0 bridgehead atoms. The topological polar surface area (TPSA) is 101 Å². The number of aliphatic hydroxyl groups excluding tert-OH is 1. The molecule has 0 aromatic heterocycles. The second-order valence-electron chi connectivity index (χ2n) is 6.89. The summed E-state index contributed by atoms with van der Waals surface area (Å²) in [6.07, 6.45) is -3.88. The van der Waals surface area contributed by atoms with E-state index in [9.17, 15) is 13.5 Å². The summed E-state index contributed by atoms with van der Waals surface area (Å²) in [5.41, 5.74) is 0.931. The maximum Gasteiger partial charge on any atom is 0.297 e. The third-order valence-corrected chi connectivity index (χ3v) is 5.68. The monoisotopic (exact) mass is 388 g/mol. The van der Waals surface area contributed by atoms with Gasteiger partial charge in [-0.2, -0.15) is 8.42 Å². The van der Waals surface area contributed by atoms with Crippen molar-refractivity contribution in [3.05, 3.63) is 29.8 Å². The van der Waals surface area contributed by atoms with Gasteiger partial charge in [0.05, 0.1) is 11.5 Å². The van der Waals surface area contributed by atoms with E-state index in [2.05, 4.69) is 0 Å². The molecule has 0 aliphatic carbocycles. The fourth-order valence-corrected chi connectivity index (χ4v) is 4.03. The molecule has 8 nitrogen and oxygen atoms in total. The second-order valence-corrected chi connectivity index (χ2v) is 8.50. The molecule has 3 rings (SSSR count). The van der Waals surface area contributed by atoms with Gasteiger partial charge in [0.25, 0.3) is 10.1 Å². The molecule has 146 valence electrons. The lowest BCUT2D eigenvalue weighted by Crippen LogP contribution is -2.44. The summed E-state index contributed by atoms with van der Waals surface area (Å²) in [4.78, 5) is 0.0243. The third-order valence-electron chi connectivity index (χ3n) is 4.38. The van der Waals surface area contributed by atoms with Gasteiger partial charge < -0.3 is 24.1 Å². The Morgan fingerprint density at radius 3 is 2.50 bits per heavy atom. The molecule has 9 heteroatoms. The van der Waals surface area contributed by atoms with Crippen molar-refractivity contribution in [3.63, 3.8) is 0 Å². The minimum absolute atomic E-state index is 0.0243. The molecule has 1 aromatic carbocycles. The van der Waals surface area contributed by atoms with Gasteiger partial charge in [0.2, 0.25) is 0 Å². The fourth-order valence-electron chi connectivity index (χ4n) is 3.11. The van der Waals surface area contributed by atoms with Gasteiger partial charge in [0, 0.05) is 7.11 Å². The fraction of sp³-hybridized carbons (Fsp3) is 0.647. The van der Waals surface area contributed by atoms with Gasteiger partial charge in [-0.15, -0.1) is 0 Å². The molecule has 0 saturated carbocycles. The highest BCUT2D eigenvalue weighted by molar-refractivity contribution is 7.86. The molecule has 2 heterocycles. The summed E-state index contributed by atoms with van der Waals surface area (Å²) in [5.74, 6) is -0.812. The van der Waals surface area contributed by atoms with Crippen molar-refractivity contribution in [1.82, 2.24) is 0 Å². The zero-order valence-corrected chi connectivity index (χ0v) is 15.9. The maximum absolute atomic E-state index is 12.2. The van der Waals surface area contributed by atoms with Crippen molar-refractivity contribution in [2.24, 2.45) is 0 Å². The molecule has 1 aromatic rings. The molecule has 0 amide bonds. The van der Waals surface area contributed by atoms with Crippen LogP contribution >= 0.6 is 0 Å². The van der Waals surface area contributed by atoms with Crippen molar-refractivity contribution >= 4 is 10.1 Å². The Morgan fingerprint density at radius 2 is 1.88 bits per heavy atom. The van der Waals surface area contributed by atoms with Crippen LogP contribution in [0.4, 0.5) is 0 Å². The number of aryl methyl sites for hydroxylation is 1. The minimum atomic E-state index is -3.98.